The number of thioether (sulfide) groups is 1. The lowest BCUT2D eigenvalue weighted by atomic mass is 10.1. The van der Waals surface area contributed by atoms with Gasteiger partial charge in [0.2, 0.25) is 5.91 Å². The molecular formula is C17H16ClNOS. The van der Waals surface area contributed by atoms with Crippen LogP contribution in [0.3, 0.4) is 0 Å². The molecule has 0 saturated heterocycles. The minimum atomic E-state index is -0.0875. The Morgan fingerprint density at radius 3 is 2.71 bits per heavy atom. The van der Waals surface area contributed by atoms with E-state index in [-0.39, 0.29) is 17.2 Å². The van der Waals surface area contributed by atoms with Crippen LogP contribution in [-0.4, -0.2) is 11.2 Å². The van der Waals surface area contributed by atoms with Gasteiger partial charge in [-0.15, -0.1) is 11.8 Å². The molecule has 1 aliphatic rings. The lowest BCUT2D eigenvalue weighted by molar-refractivity contribution is -0.121. The lowest BCUT2D eigenvalue weighted by Gasteiger charge is -2.18. The van der Waals surface area contributed by atoms with E-state index in [0.29, 0.717) is 5.02 Å². The van der Waals surface area contributed by atoms with E-state index in [2.05, 4.69) is 17.4 Å². The van der Waals surface area contributed by atoms with Gasteiger partial charge in [0.05, 0.1) is 11.3 Å². The summed E-state index contributed by atoms with van der Waals surface area (Å²) in [4.78, 5) is 13.6. The number of benzene rings is 2. The van der Waals surface area contributed by atoms with Crippen LogP contribution in [0.25, 0.3) is 0 Å². The molecule has 21 heavy (non-hydrogen) atoms. The second kappa shape index (κ2) is 6.12. The van der Waals surface area contributed by atoms with Crippen LogP contribution in [-0.2, 0) is 11.2 Å². The fourth-order valence-corrected chi connectivity index (χ4v) is 4.04. The monoisotopic (exact) mass is 317 g/mol. The van der Waals surface area contributed by atoms with E-state index in [9.17, 15) is 4.79 Å². The van der Waals surface area contributed by atoms with E-state index < -0.39 is 0 Å². The average molecular weight is 318 g/mol. The smallest absolute Gasteiger partial charge is 0.234 e. The molecule has 0 radical (unpaired) electrons. The molecule has 0 spiro atoms. The van der Waals surface area contributed by atoms with Crippen molar-refractivity contribution in [2.75, 3.05) is 0 Å². The van der Waals surface area contributed by atoms with Crippen molar-refractivity contribution in [2.45, 2.75) is 29.5 Å². The first-order valence-corrected chi connectivity index (χ1v) is 8.20. The number of nitrogens with one attached hydrogen (secondary N) is 1. The highest BCUT2D eigenvalue weighted by Crippen LogP contribution is 2.37. The second-order valence-electron chi connectivity index (χ2n) is 5.17. The van der Waals surface area contributed by atoms with Crippen molar-refractivity contribution < 1.29 is 4.79 Å². The highest BCUT2D eigenvalue weighted by Gasteiger charge is 2.28. The van der Waals surface area contributed by atoms with Crippen molar-refractivity contribution >= 4 is 29.3 Å². The number of carbonyl (C=O) groups is 1. The van der Waals surface area contributed by atoms with Crippen molar-refractivity contribution in [3.63, 3.8) is 0 Å². The first-order chi connectivity index (χ1) is 10.1. The van der Waals surface area contributed by atoms with Crippen molar-refractivity contribution in [1.29, 1.82) is 0 Å². The van der Waals surface area contributed by atoms with Gasteiger partial charge in [0, 0.05) is 9.92 Å². The molecule has 2 nitrogen and oxygen atoms in total. The average Bonchev–Trinajstić information content (AvgIpc) is 2.91. The molecule has 2 aromatic rings. The number of hydrogen-bond donors (Lipinski definition) is 1. The molecule has 2 aromatic carbocycles. The van der Waals surface area contributed by atoms with Crippen LogP contribution in [0.5, 0.6) is 0 Å². The van der Waals surface area contributed by atoms with Crippen molar-refractivity contribution in [3.05, 3.63) is 64.7 Å². The summed E-state index contributed by atoms with van der Waals surface area (Å²) in [7, 11) is 0. The van der Waals surface area contributed by atoms with Crippen LogP contribution >= 0.6 is 23.4 Å². The first-order valence-electron chi connectivity index (χ1n) is 6.94. The lowest BCUT2D eigenvalue weighted by Crippen LogP contribution is -2.34. The Kier molecular flexibility index (Phi) is 4.22. The van der Waals surface area contributed by atoms with Crippen LogP contribution in [0.15, 0.2) is 53.4 Å². The number of carbonyl (C=O) groups excluding carboxylic acids is 1. The van der Waals surface area contributed by atoms with Crippen molar-refractivity contribution in [3.8, 4) is 0 Å². The predicted molar refractivity (Wildman–Crippen MR) is 87.8 cm³/mol. The third-order valence-corrected chi connectivity index (χ3v) is 5.33. The van der Waals surface area contributed by atoms with E-state index in [1.165, 1.54) is 10.5 Å². The van der Waals surface area contributed by atoms with Gasteiger partial charge in [0.25, 0.3) is 0 Å². The third kappa shape index (κ3) is 3.09. The molecule has 108 valence electrons. The zero-order chi connectivity index (χ0) is 14.8. The molecule has 2 unspecified atom stereocenters. The number of hydrogen-bond acceptors (Lipinski definition) is 2. The molecule has 4 heteroatoms. The van der Waals surface area contributed by atoms with E-state index >= 15 is 0 Å². The molecule has 1 N–H and O–H groups in total. The van der Waals surface area contributed by atoms with Gasteiger partial charge in [0.15, 0.2) is 0 Å². The van der Waals surface area contributed by atoms with Gasteiger partial charge in [-0.05, 0) is 36.6 Å². The van der Waals surface area contributed by atoms with E-state index in [0.717, 1.165) is 12.0 Å². The molecule has 0 aliphatic carbocycles. The fourth-order valence-electron chi connectivity index (χ4n) is 2.54. The van der Waals surface area contributed by atoms with Gasteiger partial charge >= 0.3 is 0 Å². The van der Waals surface area contributed by atoms with Crippen LogP contribution in [0.4, 0.5) is 0 Å². The number of rotatable bonds is 3. The Morgan fingerprint density at radius 1 is 1.24 bits per heavy atom. The Hall–Kier alpha value is -1.45. The molecule has 1 aliphatic heterocycles. The molecule has 0 fully saturated rings. The Bertz CT molecular complexity index is 648. The molecule has 0 saturated carbocycles. The molecular weight excluding hydrogens is 302 g/mol. The van der Waals surface area contributed by atoms with Crippen LogP contribution in [0.1, 0.15) is 24.1 Å². The summed E-state index contributed by atoms with van der Waals surface area (Å²) >= 11 is 7.82. The maximum absolute atomic E-state index is 12.4. The van der Waals surface area contributed by atoms with Crippen LogP contribution in [0, 0.1) is 0 Å². The Balaban J connectivity index is 1.67. The van der Waals surface area contributed by atoms with Crippen LogP contribution < -0.4 is 5.32 Å². The number of halogens is 1. The van der Waals surface area contributed by atoms with Crippen molar-refractivity contribution in [1.82, 2.24) is 5.32 Å². The van der Waals surface area contributed by atoms with Gasteiger partial charge in [-0.1, -0.05) is 48.0 Å². The Labute approximate surface area is 133 Å². The fraction of sp³-hybridized carbons (Fsp3) is 0.235. The van der Waals surface area contributed by atoms with Gasteiger partial charge in [-0.25, -0.2) is 0 Å². The quantitative estimate of drug-likeness (QED) is 0.917. The molecule has 1 amide bonds. The van der Waals surface area contributed by atoms with Crippen LogP contribution in [0.2, 0.25) is 5.02 Å². The standard InChI is InChI=1S/C17H16ClNOS/c1-11(13-7-3-4-8-14(13)18)19-17(20)16-10-12-6-2-5-9-15(12)21-16/h2-9,11,16H,10H2,1H3,(H,19,20). The second-order valence-corrected chi connectivity index (χ2v) is 6.82. The summed E-state index contributed by atoms with van der Waals surface area (Å²) in [5, 5.41) is 3.71. The van der Waals surface area contributed by atoms with Gasteiger partial charge in [-0.3, -0.25) is 4.79 Å². The SMILES string of the molecule is CC(NC(=O)C1Cc2ccccc2S1)c1ccccc1Cl. The van der Waals surface area contributed by atoms with Gasteiger partial charge in [-0.2, -0.15) is 0 Å². The molecule has 1 heterocycles. The predicted octanol–water partition coefficient (Wildman–Crippen LogP) is 4.23. The summed E-state index contributed by atoms with van der Waals surface area (Å²) in [5.74, 6) is 0.0728. The molecule has 0 bridgehead atoms. The minimum absolute atomic E-state index is 0.0488. The maximum Gasteiger partial charge on any atom is 0.234 e. The van der Waals surface area contributed by atoms with Crippen molar-refractivity contribution in [2.24, 2.45) is 0 Å². The van der Waals surface area contributed by atoms with Gasteiger partial charge in [0.1, 0.15) is 0 Å². The topological polar surface area (TPSA) is 29.1 Å². The largest absolute Gasteiger partial charge is 0.349 e. The highest BCUT2D eigenvalue weighted by atomic mass is 35.5. The highest BCUT2D eigenvalue weighted by molar-refractivity contribution is 8.01. The van der Waals surface area contributed by atoms with E-state index in [1.807, 2.05) is 43.3 Å². The summed E-state index contributed by atoms with van der Waals surface area (Å²) in [5.41, 5.74) is 2.21. The van der Waals surface area contributed by atoms with E-state index in [1.54, 1.807) is 11.8 Å². The zero-order valence-electron chi connectivity index (χ0n) is 11.7. The molecule has 2 atom stereocenters. The molecule has 0 aromatic heterocycles. The van der Waals surface area contributed by atoms with Gasteiger partial charge < -0.3 is 5.32 Å². The summed E-state index contributed by atoms with van der Waals surface area (Å²) in [6, 6.07) is 15.7. The summed E-state index contributed by atoms with van der Waals surface area (Å²) in [6.45, 7) is 1.96. The normalized spacial score (nSPS) is 18.1. The maximum atomic E-state index is 12.4. The number of fused-ring (bicyclic) bond motifs is 1. The number of amides is 1. The first kappa shape index (κ1) is 14.5. The minimum Gasteiger partial charge on any atom is -0.349 e. The summed E-state index contributed by atoms with van der Waals surface area (Å²) in [6.07, 6.45) is 0.794. The molecule has 3 rings (SSSR count). The van der Waals surface area contributed by atoms with E-state index in [4.69, 9.17) is 11.6 Å². The summed E-state index contributed by atoms with van der Waals surface area (Å²) < 4.78 is 0. The third-order valence-electron chi connectivity index (χ3n) is 3.67. The Morgan fingerprint density at radius 2 is 1.95 bits per heavy atom. The zero-order valence-corrected chi connectivity index (χ0v) is 13.2.